The summed E-state index contributed by atoms with van der Waals surface area (Å²) in [5.41, 5.74) is 0.605. The molecule has 0 amide bonds. The Bertz CT molecular complexity index is 457. The van der Waals surface area contributed by atoms with E-state index in [-0.39, 0.29) is 22.7 Å². The van der Waals surface area contributed by atoms with Gasteiger partial charge in [-0.25, -0.2) is 0 Å². The quantitative estimate of drug-likeness (QED) is 0.662. The van der Waals surface area contributed by atoms with Gasteiger partial charge in [0, 0.05) is 31.2 Å². The first-order chi connectivity index (χ1) is 8.49. The van der Waals surface area contributed by atoms with Crippen LogP contribution in [0, 0.1) is 10.1 Å². The van der Waals surface area contributed by atoms with Crippen molar-refractivity contribution in [2.24, 2.45) is 0 Å². The number of benzene rings is 1. The van der Waals surface area contributed by atoms with E-state index in [9.17, 15) is 10.1 Å². The second kappa shape index (κ2) is 5.12. The molecule has 0 saturated carbocycles. The smallest absolute Gasteiger partial charge is 0.294 e. The Morgan fingerprint density at radius 1 is 1.39 bits per heavy atom. The molecule has 1 fully saturated rings. The van der Waals surface area contributed by atoms with E-state index in [1.807, 2.05) is 4.90 Å². The van der Waals surface area contributed by atoms with E-state index in [4.69, 9.17) is 11.6 Å². The normalized spacial score (nSPS) is 24.1. The third-order valence-electron chi connectivity index (χ3n) is 3.04. The Hall–Kier alpha value is -1.33. The van der Waals surface area contributed by atoms with Crippen molar-refractivity contribution in [3.05, 3.63) is 33.3 Å². The number of rotatable bonds is 2. The van der Waals surface area contributed by atoms with Crippen LogP contribution in [0.25, 0.3) is 0 Å². The Kier molecular flexibility index (Phi) is 3.73. The number of para-hydroxylation sites is 1. The fraction of sp³-hybridized carbons (Fsp3) is 0.500. The number of piperazine rings is 1. The predicted octanol–water partition coefficient (Wildman–Crippen LogP) is 2.43. The van der Waals surface area contributed by atoms with Gasteiger partial charge in [0.2, 0.25) is 0 Å². The molecule has 1 aliphatic rings. The van der Waals surface area contributed by atoms with Gasteiger partial charge in [0.1, 0.15) is 5.69 Å². The SMILES string of the molecule is CC1CN(c2c(Cl)cccc2[N+](=O)[O-])CC(C)N1. The van der Waals surface area contributed by atoms with Crippen LogP contribution in [0.4, 0.5) is 11.4 Å². The number of hydrogen-bond donors (Lipinski definition) is 1. The zero-order chi connectivity index (χ0) is 13.3. The Labute approximate surface area is 111 Å². The highest BCUT2D eigenvalue weighted by atomic mass is 35.5. The van der Waals surface area contributed by atoms with Crippen molar-refractivity contribution in [2.45, 2.75) is 25.9 Å². The van der Waals surface area contributed by atoms with Crippen LogP contribution in [0.3, 0.4) is 0 Å². The summed E-state index contributed by atoms with van der Waals surface area (Å²) in [4.78, 5) is 12.7. The number of halogens is 1. The van der Waals surface area contributed by atoms with Gasteiger partial charge in [0.05, 0.1) is 9.95 Å². The summed E-state index contributed by atoms with van der Waals surface area (Å²) in [5, 5.41) is 14.9. The highest BCUT2D eigenvalue weighted by molar-refractivity contribution is 6.33. The fourth-order valence-corrected chi connectivity index (χ4v) is 2.76. The number of nitrogens with zero attached hydrogens (tertiary/aromatic N) is 2. The maximum Gasteiger partial charge on any atom is 0.294 e. The molecule has 1 aliphatic heterocycles. The van der Waals surface area contributed by atoms with Crippen LogP contribution in [-0.2, 0) is 0 Å². The second-order valence-electron chi connectivity index (χ2n) is 4.74. The molecule has 0 spiro atoms. The minimum atomic E-state index is -0.376. The molecule has 0 radical (unpaired) electrons. The minimum Gasteiger partial charge on any atom is -0.362 e. The topological polar surface area (TPSA) is 58.4 Å². The zero-order valence-electron chi connectivity index (χ0n) is 10.4. The van der Waals surface area contributed by atoms with E-state index < -0.39 is 0 Å². The molecule has 2 atom stereocenters. The number of nitrogens with one attached hydrogen (secondary N) is 1. The van der Waals surface area contributed by atoms with Gasteiger partial charge in [-0.2, -0.15) is 0 Å². The summed E-state index contributed by atoms with van der Waals surface area (Å²) in [7, 11) is 0. The predicted molar refractivity (Wildman–Crippen MR) is 72.4 cm³/mol. The zero-order valence-corrected chi connectivity index (χ0v) is 11.1. The summed E-state index contributed by atoms with van der Waals surface area (Å²) in [5.74, 6) is 0. The van der Waals surface area contributed by atoms with Gasteiger partial charge >= 0.3 is 0 Å². The molecule has 98 valence electrons. The van der Waals surface area contributed by atoms with Gasteiger partial charge in [-0.05, 0) is 19.9 Å². The van der Waals surface area contributed by atoms with Crippen molar-refractivity contribution in [1.82, 2.24) is 5.32 Å². The third kappa shape index (κ3) is 2.57. The van der Waals surface area contributed by atoms with Crippen molar-refractivity contribution < 1.29 is 4.92 Å². The Morgan fingerprint density at radius 2 is 2.00 bits per heavy atom. The van der Waals surface area contributed by atoms with E-state index in [0.29, 0.717) is 10.7 Å². The highest BCUT2D eigenvalue weighted by Crippen LogP contribution is 2.36. The summed E-state index contributed by atoms with van der Waals surface area (Å²) >= 11 is 6.14. The van der Waals surface area contributed by atoms with E-state index in [1.54, 1.807) is 12.1 Å². The Morgan fingerprint density at radius 3 is 2.56 bits per heavy atom. The van der Waals surface area contributed by atoms with Crippen LogP contribution in [0.2, 0.25) is 5.02 Å². The molecule has 1 N–H and O–H groups in total. The monoisotopic (exact) mass is 269 g/mol. The fourth-order valence-electron chi connectivity index (χ4n) is 2.47. The molecule has 1 heterocycles. The van der Waals surface area contributed by atoms with Crippen molar-refractivity contribution >= 4 is 23.0 Å². The van der Waals surface area contributed by atoms with Gasteiger partial charge in [-0.3, -0.25) is 10.1 Å². The van der Waals surface area contributed by atoms with Crippen molar-refractivity contribution in [3.63, 3.8) is 0 Å². The average molecular weight is 270 g/mol. The second-order valence-corrected chi connectivity index (χ2v) is 5.15. The standard InChI is InChI=1S/C12H16ClN3O2/c1-8-6-15(7-9(2)14-8)12-10(13)4-3-5-11(12)16(17)18/h3-5,8-9,14H,6-7H2,1-2H3. The van der Waals surface area contributed by atoms with Gasteiger partial charge < -0.3 is 10.2 Å². The molecule has 1 aromatic rings. The van der Waals surface area contributed by atoms with Crippen LogP contribution in [0.1, 0.15) is 13.8 Å². The molecule has 2 rings (SSSR count). The molecule has 1 saturated heterocycles. The summed E-state index contributed by atoms with van der Waals surface area (Å²) in [6, 6.07) is 5.37. The van der Waals surface area contributed by atoms with Gasteiger partial charge in [-0.15, -0.1) is 0 Å². The first kappa shape index (κ1) is 13.1. The first-order valence-electron chi connectivity index (χ1n) is 5.93. The molecule has 0 aliphatic carbocycles. The minimum absolute atomic E-state index is 0.0730. The number of anilines is 1. The summed E-state index contributed by atoms with van der Waals surface area (Å²) in [6.45, 7) is 5.56. The third-order valence-corrected chi connectivity index (χ3v) is 3.34. The van der Waals surface area contributed by atoms with E-state index >= 15 is 0 Å². The maximum absolute atomic E-state index is 11.1. The largest absolute Gasteiger partial charge is 0.362 e. The molecule has 5 nitrogen and oxygen atoms in total. The van der Waals surface area contributed by atoms with Gasteiger partial charge in [-0.1, -0.05) is 17.7 Å². The van der Waals surface area contributed by atoms with Crippen LogP contribution < -0.4 is 10.2 Å². The molecule has 0 aromatic heterocycles. The van der Waals surface area contributed by atoms with E-state index in [2.05, 4.69) is 19.2 Å². The maximum atomic E-state index is 11.1. The molecular weight excluding hydrogens is 254 g/mol. The molecule has 18 heavy (non-hydrogen) atoms. The lowest BCUT2D eigenvalue weighted by atomic mass is 10.1. The number of hydrogen-bond acceptors (Lipinski definition) is 4. The first-order valence-corrected chi connectivity index (χ1v) is 6.30. The Balaban J connectivity index is 2.40. The molecule has 6 heteroatoms. The van der Waals surface area contributed by atoms with Crippen molar-refractivity contribution in [3.8, 4) is 0 Å². The van der Waals surface area contributed by atoms with Gasteiger partial charge in [0.25, 0.3) is 5.69 Å². The summed E-state index contributed by atoms with van der Waals surface area (Å²) < 4.78 is 0. The van der Waals surface area contributed by atoms with Crippen LogP contribution in [0.5, 0.6) is 0 Å². The van der Waals surface area contributed by atoms with Crippen molar-refractivity contribution in [2.75, 3.05) is 18.0 Å². The molecule has 0 bridgehead atoms. The van der Waals surface area contributed by atoms with E-state index in [1.165, 1.54) is 6.07 Å². The lowest BCUT2D eigenvalue weighted by Crippen LogP contribution is -2.54. The highest BCUT2D eigenvalue weighted by Gasteiger charge is 2.28. The lowest BCUT2D eigenvalue weighted by Gasteiger charge is -2.37. The molecular formula is C12H16ClN3O2. The molecule has 1 aromatic carbocycles. The lowest BCUT2D eigenvalue weighted by molar-refractivity contribution is -0.384. The van der Waals surface area contributed by atoms with Crippen molar-refractivity contribution in [1.29, 1.82) is 0 Å². The number of nitro benzene ring substituents is 1. The van der Waals surface area contributed by atoms with Crippen LogP contribution in [-0.4, -0.2) is 30.1 Å². The van der Waals surface area contributed by atoms with Gasteiger partial charge in [0.15, 0.2) is 0 Å². The van der Waals surface area contributed by atoms with Crippen LogP contribution in [0.15, 0.2) is 18.2 Å². The molecule has 2 unspecified atom stereocenters. The summed E-state index contributed by atoms with van der Waals surface area (Å²) in [6.07, 6.45) is 0. The van der Waals surface area contributed by atoms with Crippen LogP contribution >= 0.6 is 11.6 Å². The van der Waals surface area contributed by atoms with E-state index in [0.717, 1.165) is 13.1 Å². The number of nitro groups is 1. The average Bonchev–Trinajstić information content (AvgIpc) is 2.26.